The van der Waals surface area contributed by atoms with Crippen LogP contribution < -0.4 is 4.90 Å². The van der Waals surface area contributed by atoms with Gasteiger partial charge in [0.2, 0.25) is 0 Å². The molecule has 0 bridgehead atoms. The van der Waals surface area contributed by atoms with Gasteiger partial charge in [-0.05, 0) is 42.0 Å². The molecule has 2 aromatic carbocycles. The molecule has 0 saturated carbocycles. The van der Waals surface area contributed by atoms with Crippen molar-refractivity contribution < 1.29 is 4.79 Å². The fourth-order valence-electron chi connectivity index (χ4n) is 2.73. The monoisotopic (exact) mass is 447 g/mol. The lowest BCUT2D eigenvalue weighted by atomic mass is 10.2. The van der Waals surface area contributed by atoms with Crippen LogP contribution in [0.5, 0.6) is 0 Å². The van der Waals surface area contributed by atoms with E-state index in [1.165, 1.54) is 11.3 Å². The molecule has 0 N–H and O–H groups in total. The van der Waals surface area contributed by atoms with Gasteiger partial charge in [-0.1, -0.05) is 58.3 Å². The maximum Gasteiger partial charge on any atom is 0.261 e. The quantitative estimate of drug-likeness (QED) is 0.358. The fraction of sp³-hybridized carbons (Fsp3) is 0.0500. The van der Waals surface area contributed by atoms with Gasteiger partial charge in [0, 0.05) is 17.4 Å². The van der Waals surface area contributed by atoms with Gasteiger partial charge >= 0.3 is 0 Å². The van der Waals surface area contributed by atoms with Gasteiger partial charge < -0.3 is 0 Å². The van der Waals surface area contributed by atoms with E-state index >= 15 is 0 Å². The van der Waals surface area contributed by atoms with Gasteiger partial charge in [-0.25, -0.2) is 4.98 Å². The molecule has 0 aliphatic rings. The number of rotatable bonds is 4. The second-order valence-corrected chi connectivity index (χ2v) is 8.22. The Morgan fingerprint density at radius 3 is 2.64 bits per heavy atom. The molecule has 8 heteroatoms. The second kappa shape index (κ2) is 8.05. The van der Waals surface area contributed by atoms with Gasteiger partial charge in [-0.3, -0.25) is 14.7 Å². The second-order valence-electron chi connectivity index (χ2n) is 5.96. The van der Waals surface area contributed by atoms with E-state index in [0.29, 0.717) is 31.3 Å². The molecule has 4 rings (SSSR count). The number of fused-ring (bicyclic) bond motifs is 1. The van der Waals surface area contributed by atoms with Gasteiger partial charge in [-0.2, -0.15) is 0 Å². The van der Waals surface area contributed by atoms with Crippen molar-refractivity contribution in [2.45, 2.75) is 6.54 Å². The molecule has 0 aliphatic heterocycles. The van der Waals surface area contributed by atoms with E-state index in [1.54, 1.807) is 41.6 Å². The topological polar surface area (TPSA) is 46.1 Å². The molecule has 28 heavy (non-hydrogen) atoms. The first-order chi connectivity index (χ1) is 13.5. The molecule has 0 unspecified atom stereocenters. The average molecular weight is 449 g/mol. The number of benzene rings is 2. The summed E-state index contributed by atoms with van der Waals surface area (Å²) in [6, 6.07) is 14.1. The molecular weight excluding hydrogens is 437 g/mol. The predicted octanol–water partition coefficient (Wildman–Crippen LogP) is 6.50. The van der Waals surface area contributed by atoms with Crippen LogP contribution in [0.15, 0.2) is 60.9 Å². The Kier molecular flexibility index (Phi) is 5.51. The number of halogens is 3. The summed E-state index contributed by atoms with van der Waals surface area (Å²) in [5.74, 6) is -0.300. The van der Waals surface area contributed by atoms with E-state index in [4.69, 9.17) is 34.8 Å². The highest BCUT2D eigenvalue weighted by Crippen LogP contribution is 2.35. The minimum atomic E-state index is -0.300. The van der Waals surface area contributed by atoms with Crippen molar-refractivity contribution in [3.8, 4) is 0 Å². The van der Waals surface area contributed by atoms with E-state index in [0.717, 1.165) is 10.3 Å². The SMILES string of the molecule is O=C(c1cc(Cl)ccc1Cl)N(Cc1cccnc1)c1nc2c(Cl)cccc2s1. The minimum absolute atomic E-state index is 0.285. The highest BCUT2D eigenvalue weighted by molar-refractivity contribution is 7.22. The smallest absolute Gasteiger partial charge is 0.261 e. The van der Waals surface area contributed by atoms with Crippen molar-refractivity contribution >= 4 is 67.4 Å². The zero-order chi connectivity index (χ0) is 19.7. The van der Waals surface area contributed by atoms with Crippen LogP contribution in [0.4, 0.5) is 5.13 Å². The molecule has 4 aromatic rings. The Morgan fingerprint density at radius 1 is 1.04 bits per heavy atom. The van der Waals surface area contributed by atoms with E-state index in [2.05, 4.69) is 9.97 Å². The Labute approximate surface area is 180 Å². The normalized spacial score (nSPS) is 11.0. The third kappa shape index (κ3) is 3.84. The van der Waals surface area contributed by atoms with E-state index in [1.807, 2.05) is 24.3 Å². The van der Waals surface area contributed by atoms with Crippen molar-refractivity contribution in [1.82, 2.24) is 9.97 Å². The van der Waals surface area contributed by atoms with Crippen LogP contribution in [0.2, 0.25) is 15.1 Å². The van der Waals surface area contributed by atoms with Crippen LogP contribution in [0, 0.1) is 0 Å². The lowest BCUT2D eigenvalue weighted by molar-refractivity contribution is 0.0985. The third-order valence-electron chi connectivity index (χ3n) is 4.06. The van der Waals surface area contributed by atoms with Crippen LogP contribution in [-0.4, -0.2) is 15.9 Å². The number of pyridine rings is 1. The first-order valence-corrected chi connectivity index (χ1v) is 10.2. The molecule has 0 saturated heterocycles. The molecule has 0 aliphatic carbocycles. The number of anilines is 1. The van der Waals surface area contributed by atoms with Crippen molar-refractivity contribution in [3.05, 3.63) is 87.1 Å². The largest absolute Gasteiger partial charge is 0.279 e. The van der Waals surface area contributed by atoms with Gasteiger partial charge in [0.1, 0.15) is 5.52 Å². The Balaban J connectivity index is 1.82. The van der Waals surface area contributed by atoms with E-state index < -0.39 is 0 Å². The molecule has 0 fully saturated rings. The zero-order valence-electron chi connectivity index (χ0n) is 14.3. The van der Waals surface area contributed by atoms with Crippen molar-refractivity contribution in [3.63, 3.8) is 0 Å². The number of amides is 1. The maximum absolute atomic E-state index is 13.4. The number of para-hydroxylation sites is 1. The average Bonchev–Trinajstić information content (AvgIpc) is 3.14. The highest BCUT2D eigenvalue weighted by Gasteiger charge is 2.24. The van der Waals surface area contributed by atoms with Crippen LogP contribution in [0.1, 0.15) is 15.9 Å². The fourth-order valence-corrected chi connectivity index (χ4v) is 4.36. The number of nitrogens with zero attached hydrogens (tertiary/aromatic N) is 3. The first kappa shape index (κ1) is 19.2. The van der Waals surface area contributed by atoms with Crippen LogP contribution >= 0.6 is 46.1 Å². The number of hydrogen-bond acceptors (Lipinski definition) is 4. The molecule has 1 amide bonds. The Hall–Kier alpha value is -2.18. The molecule has 0 atom stereocenters. The summed E-state index contributed by atoms with van der Waals surface area (Å²) in [4.78, 5) is 23.7. The standard InChI is InChI=1S/C20H12Cl3N3OS/c21-13-6-7-15(22)14(9-13)19(27)26(11-12-3-2-8-24-10-12)20-25-18-16(23)4-1-5-17(18)28-20/h1-10H,11H2. The summed E-state index contributed by atoms with van der Waals surface area (Å²) in [6.45, 7) is 0.285. The summed E-state index contributed by atoms with van der Waals surface area (Å²) in [5, 5.41) is 1.81. The van der Waals surface area contributed by atoms with Crippen LogP contribution in [-0.2, 0) is 6.54 Å². The number of carbonyl (C=O) groups is 1. The summed E-state index contributed by atoms with van der Waals surface area (Å²) in [7, 11) is 0. The molecular formula is C20H12Cl3N3OS. The first-order valence-electron chi connectivity index (χ1n) is 8.24. The van der Waals surface area contributed by atoms with Gasteiger partial charge in [0.15, 0.2) is 5.13 Å². The Bertz CT molecular complexity index is 1160. The number of thiazole rings is 1. The molecule has 2 aromatic heterocycles. The number of hydrogen-bond donors (Lipinski definition) is 0. The summed E-state index contributed by atoms with van der Waals surface area (Å²) < 4.78 is 0.892. The molecule has 0 spiro atoms. The van der Waals surface area contributed by atoms with Crippen LogP contribution in [0.3, 0.4) is 0 Å². The van der Waals surface area contributed by atoms with E-state index in [-0.39, 0.29) is 12.5 Å². The van der Waals surface area contributed by atoms with Crippen LogP contribution in [0.25, 0.3) is 10.2 Å². The van der Waals surface area contributed by atoms with Gasteiger partial charge in [0.05, 0.1) is 26.9 Å². The summed E-state index contributed by atoms with van der Waals surface area (Å²) in [6.07, 6.45) is 3.39. The predicted molar refractivity (Wildman–Crippen MR) is 116 cm³/mol. The highest BCUT2D eigenvalue weighted by atomic mass is 35.5. The number of aromatic nitrogens is 2. The summed E-state index contributed by atoms with van der Waals surface area (Å²) >= 11 is 20.0. The minimum Gasteiger partial charge on any atom is -0.279 e. The van der Waals surface area contributed by atoms with Crippen molar-refractivity contribution in [2.24, 2.45) is 0 Å². The number of carbonyl (C=O) groups excluding carboxylic acids is 1. The van der Waals surface area contributed by atoms with Gasteiger partial charge in [0.25, 0.3) is 5.91 Å². The maximum atomic E-state index is 13.4. The van der Waals surface area contributed by atoms with Crippen molar-refractivity contribution in [2.75, 3.05) is 4.90 Å². The van der Waals surface area contributed by atoms with E-state index in [9.17, 15) is 4.79 Å². The molecule has 140 valence electrons. The van der Waals surface area contributed by atoms with Gasteiger partial charge in [-0.15, -0.1) is 0 Å². The molecule has 2 heterocycles. The molecule has 4 nitrogen and oxygen atoms in total. The lowest BCUT2D eigenvalue weighted by Gasteiger charge is -2.20. The third-order valence-corrected chi connectivity index (χ3v) is 5.97. The summed E-state index contributed by atoms with van der Waals surface area (Å²) in [5.41, 5.74) is 1.83. The zero-order valence-corrected chi connectivity index (χ0v) is 17.4. The van der Waals surface area contributed by atoms with Crippen molar-refractivity contribution in [1.29, 1.82) is 0 Å². The Morgan fingerprint density at radius 2 is 1.89 bits per heavy atom. The lowest BCUT2D eigenvalue weighted by Crippen LogP contribution is -2.30. The molecule has 0 radical (unpaired) electrons.